The molecule has 0 bridgehead atoms. The molecule has 0 radical (unpaired) electrons. The van der Waals surface area contributed by atoms with Crippen LogP contribution >= 0.6 is 0 Å². The Labute approximate surface area is 92.1 Å². The van der Waals surface area contributed by atoms with Crippen molar-refractivity contribution in [1.29, 1.82) is 0 Å². The van der Waals surface area contributed by atoms with Crippen molar-refractivity contribution in [2.24, 2.45) is 5.41 Å². The van der Waals surface area contributed by atoms with E-state index in [2.05, 4.69) is 35.3 Å². The highest BCUT2D eigenvalue weighted by atomic mass is 15.1. The van der Waals surface area contributed by atoms with Crippen molar-refractivity contribution in [3.63, 3.8) is 0 Å². The second-order valence-corrected chi connectivity index (χ2v) is 5.28. The van der Waals surface area contributed by atoms with Crippen molar-refractivity contribution in [2.45, 2.75) is 33.2 Å². The van der Waals surface area contributed by atoms with E-state index in [1.165, 1.54) is 31.6 Å². The van der Waals surface area contributed by atoms with E-state index in [1.807, 2.05) is 12.5 Å². The number of hydrogen-bond acceptors (Lipinski definition) is 2. The van der Waals surface area contributed by atoms with Crippen LogP contribution in [0.5, 0.6) is 0 Å². The Bertz CT molecular complexity index is 321. The van der Waals surface area contributed by atoms with E-state index in [1.54, 1.807) is 0 Å². The van der Waals surface area contributed by atoms with Crippen LogP contribution in [0.1, 0.15) is 25.5 Å². The molecular formula is C12H21N3. The van der Waals surface area contributed by atoms with E-state index in [9.17, 15) is 0 Å². The standard InChI is InChI=1S/C12H21N3/c1-11-8-13-10-15(11)9-12(2)4-6-14(3)7-5-12/h8,10H,4-7,9H2,1-3H3. The quantitative estimate of drug-likeness (QED) is 0.739. The molecule has 0 saturated carbocycles. The van der Waals surface area contributed by atoms with Crippen molar-refractivity contribution in [2.75, 3.05) is 20.1 Å². The molecule has 0 unspecified atom stereocenters. The van der Waals surface area contributed by atoms with Gasteiger partial charge in [0.2, 0.25) is 0 Å². The van der Waals surface area contributed by atoms with Gasteiger partial charge in [0.05, 0.1) is 6.33 Å². The van der Waals surface area contributed by atoms with Gasteiger partial charge in [0.25, 0.3) is 0 Å². The minimum absolute atomic E-state index is 0.456. The van der Waals surface area contributed by atoms with Crippen LogP contribution in [-0.4, -0.2) is 34.6 Å². The number of imidazole rings is 1. The number of hydrogen-bond donors (Lipinski definition) is 0. The van der Waals surface area contributed by atoms with Gasteiger partial charge in [-0.05, 0) is 45.3 Å². The first-order chi connectivity index (χ1) is 7.09. The molecule has 3 heteroatoms. The first-order valence-electron chi connectivity index (χ1n) is 5.74. The van der Waals surface area contributed by atoms with Gasteiger partial charge < -0.3 is 9.47 Å². The van der Waals surface area contributed by atoms with Gasteiger partial charge in [-0.1, -0.05) is 6.92 Å². The van der Waals surface area contributed by atoms with Crippen molar-refractivity contribution in [1.82, 2.24) is 14.5 Å². The molecule has 1 aromatic heterocycles. The van der Waals surface area contributed by atoms with E-state index in [-0.39, 0.29) is 0 Å². The lowest BCUT2D eigenvalue weighted by Crippen LogP contribution is -2.38. The summed E-state index contributed by atoms with van der Waals surface area (Å²) in [6.07, 6.45) is 6.49. The highest BCUT2D eigenvalue weighted by Crippen LogP contribution is 2.32. The van der Waals surface area contributed by atoms with Crippen LogP contribution in [0.15, 0.2) is 12.5 Å². The largest absolute Gasteiger partial charge is 0.334 e. The maximum atomic E-state index is 4.19. The number of rotatable bonds is 2. The summed E-state index contributed by atoms with van der Waals surface area (Å²) in [7, 11) is 2.21. The summed E-state index contributed by atoms with van der Waals surface area (Å²) >= 11 is 0. The summed E-state index contributed by atoms with van der Waals surface area (Å²) < 4.78 is 2.28. The van der Waals surface area contributed by atoms with Crippen molar-refractivity contribution >= 4 is 0 Å². The highest BCUT2D eigenvalue weighted by Gasteiger charge is 2.29. The smallest absolute Gasteiger partial charge is 0.0948 e. The fourth-order valence-electron chi connectivity index (χ4n) is 2.28. The zero-order valence-electron chi connectivity index (χ0n) is 10.0. The molecule has 1 aliphatic rings. The minimum Gasteiger partial charge on any atom is -0.334 e. The zero-order valence-corrected chi connectivity index (χ0v) is 10.0. The van der Waals surface area contributed by atoms with E-state index in [4.69, 9.17) is 0 Å². The lowest BCUT2D eigenvalue weighted by Gasteiger charge is -2.38. The van der Waals surface area contributed by atoms with Crippen molar-refractivity contribution in [3.8, 4) is 0 Å². The Kier molecular flexibility index (Phi) is 2.83. The normalized spacial score (nSPS) is 21.8. The molecule has 1 aromatic rings. The van der Waals surface area contributed by atoms with Gasteiger partial charge in [-0.15, -0.1) is 0 Å². The van der Waals surface area contributed by atoms with Crippen molar-refractivity contribution in [3.05, 3.63) is 18.2 Å². The summed E-state index contributed by atoms with van der Waals surface area (Å²) in [6.45, 7) is 8.10. The Morgan fingerprint density at radius 2 is 2.07 bits per heavy atom. The van der Waals surface area contributed by atoms with Crippen LogP contribution in [0.2, 0.25) is 0 Å². The average Bonchev–Trinajstić information content (AvgIpc) is 2.58. The predicted molar refractivity (Wildman–Crippen MR) is 61.8 cm³/mol. The number of aryl methyl sites for hydroxylation is 1. The van der Waals surface area contributed by atoms with Crippen LogP contribution in [0.4, 0.5) is 0 Å². The summed E-state index contributed by atoms with van der Waals surface area (Å²) in [5, 5.41) is 0. The molecule has 1 aliphatic heterocycles. The Hall–Kier alpha value is -0.830. The molecule has 84 valence electrons. The number of nitrogens with zero attached hydrogens (tertiary/aromatic N) is 3. The molecule has 0 aromatic carbocycles. The number of likely N-dealkylation sites (tertiary alicyclic amines) is 1. The number of aromatic nitrogens is 2. The summed E-state index contributed by atoms with van der Waals surface area (Å²) in [6, 6.07) is 0. The van der Waals surface area contributed by atoms with Gasteiger partial charge in [0.1, 0.15) is 0 Å². The molecule has 0 amide bonds. The molecule has 2 heterocycles. The van der Waals surface area contributed by atoms with E-state index in [0.717, 1.165) is 6.54 Å². The second-order valence-electron chi connectivity index (χ2n) is 5.28. The Balaban J connectivity index is 2.02. The first-order valence-corrected chi connectivity index (χ1v) is 5.74. The lowest BCUT2D eigenvalue weighted by atomic mass is 9.80. The number of piperidine rings is 1. The van der Waals surface area contributed by atoms with Gasteiger partial charge in [0, 0.05) is 18.4 Å². The average molecular weight is 207 g/mol. The first kappa shape index (κ1) is 10.7. The summed E-state index contributed by atoms with van der Waals surface area (Å²) in [4.78, 5) is 6.60. The molecule has 15 heavy (non-hydrogen) atoms. The van der Waals surface area contributed by atoms with E-state index < -0.39 is 0 Å². The van der Waals surface area contributed by atoms with Gasteiger partial charge in [-0.3, -0.25) is 0 Å². The SMILES string of the molecule is Cc1cncn1CC1(C)CCN(C)CC1. The maximum absolute atomic E-state index is 4.19. The third-order valence-electron chi connectivity index (χ3n) is 3.67. The monoisotopic (exact) mass is 207 g/mol. The molecule has 1 saturated heterocycles. The van der Waals surface area contributed by atoms with Crippen LogP contribution in [0, 0.1) is 12.3 Å². The van der Waals surface area contributed by atoms with Gasteiger partial charge in [-0.25, -0.2) is 4.98 Å². The van der Waals surface area contributed by atoms with Crippen LogP contribution in [-0.2, 0) is 6.54 Å². The third kappa shape index (κ3) is 2.40. The van der Waals surface area contributed by atoms with Crippen molar-refractivity contribution < 1.29 is 0 Å². The molecule has 0 N–H and O–H groups in total. The van der Waals surface area contributed by atoms with Gasteiger partial charge in [0.15, 0.2) is 0 Å². The zero-order chi connectivity index (χ0) is 10.9. The topological polar surface area (TPSA) is 21.1 Å². The molecular weight excluding hydrogens is 186 g/mol. The van der Waals surface area contributed by atoms with Crippen LogP contribution < -0.4 is 0 Å². The molecule has 2 rings (SSSR count). The van der Waals surface area contributed by atoms with E-state index in [0.29, 0.717) is 5.41 Å². The molecule has 0 atom stereocenters. The fourth-order valence-corrected chi connectivity index (χ4v) is 2.28. The van der Waals surface area contributed by atoms with E-state index >= 15 is 0 Å². The fraction of sp³-hybridized carbons (Fsp3) is 0.750. The molecule has 0 aliphatic carbocycles. The lowest BCUT2D eigenvalue weighted by molar-refractivity contribution is 0.120. The van der Waals surface area contributed by atoms with Crippen LogP contribution in [0.3, 0.4) is 0 Å². The summed E-state index contributed by atoms with van der Waals surface area (Å²) in [5.41, 5.74) is 1.73. The Morgan fingerprint density at radius 1 is 1.40 bits per heavy atom. The minimum atomic E-state index is 0.456. The van der Waals surface area contributed by atoms with Crippen LogP contribution in [0.25, 0.3) is 0 Å². The highest BCUT2D eigenvalue weighted by molar-refractivity contribution is 4.96. The second kappa shape index (κ2) is 3.97. The molecule has 1 fully saturated rings. The molecule has 0 spiro atoms. The summed E-state index contributed by atoms with van der Waals surface area (Å²) in [5.74, 6) is 0. The molecule has 3 nitrogen and oxygen atoms in total. The maximum Gasteiger partial charge on any atom is 0.0948 e. The van der Waals surface area contributed by atoms with Gasteiger partial charge in [-0.2, -0.15) is 0 Å². The third-order valence-corrected chi connectivity index (χ3v) is 3.67. The predicted octanol–water partition coefficient (Wildman–Crippen LogP) is 1.92. The van der Waals surface area contributed by atoms with Gasteiger partial charge >= 0.3 is 0 Å². The Morgan fingerprint density at radius 3 is 2.60 bits per heavy atom.